The lowest BCUT2D eigenvalue weighted by atomic mass is 10.1. The van der Waals surface area contributed by atoms with E-state index in [1.54, 1.807) is 0 Å². The van der Waals surface area contributed by atoms with E-state index in [4.69, 9.17) is 16.3 Å². The van der Waals surface area contributed by atoms with Crippen LogP contribution in [0.3, 0.4) is 0 Å². The molecule has 35 heavy (non-hydrogen) atoms. The summed E-state index contributed by atoms with van der Waals surface area (Å²) >= 11 is 6.21. The van der Waals surface area contributed by atoms with E-state index in [9.17, 15) is 18.0 Å². The number of halogens is 1. The zero-order valence-corrected chi connectivity index (χ0v) is 22.4. The maximum atomic E-state index is 13.6. The molecule has 0 aliphatic rings. The first kappa shape index (κ1) is 28.5. The van der Waals surface area contributed by atoms with Crippen LogP contribution in [0.2, 0.25) is 5.02 Å². The van der Waals surface area contributed by atoms with E-state index < -0.39 is 28.5 Å². The van der Waals surface area contributed by atoms with Crippen LogP contribution in [0.15, 0.2) is 48.5 Å². The average Bonchev–Trinajstić information content (AvgIpc) is 2.80. The summed E-state index contributed by atoms with van der Waals surface area (Å²) < 4.78 is 31.5. The summed E-state index contributed by atoms with van der Waals surface area (Å²) in [5, 5.41) is 3.11. The first-order valence-corrected chi connectivity index (χ1v) is 13.6. The number of rotatable bonds is 12. The summed E-state index contributed by atoms with van der Waals surface area (Å²) in [5.41, 5.74) is 1.05. The molecule has 0 unspecified atom stereocenters. The smallest absolute Gasteiger partial charge is 0.244 e. The van der Waals surface area contributed by atoms with Crippen LogP contribution in [-0.4, -0.2) is 57.6 Å². The maximum Gasteiger partial charge on any atom is 0.244 e. The minimum atomic E-state index is -3.84. The Labute approximate surface area is 213 Å². The molecule has 8 nitrogen and oxygen atoms in total. The molecule has 0 saturated carbocycles. The number of methoxy groups -OCH3 is 1. The Balaban J connectivity index is 2.42. The Morgan fingerprint density at radius 3 is 2.29 bits per heavy atom. The van der Waals surface area contributed by atoms with Gasteiger partial charge in [0.25, 0.3) is 0 Å². The number of hydrogen-bond acceptors (Lipinski definition) is 5. The van der Waals surface area contributed by atoms with Gasteiger partial charge in [-0.2, -0.15) is 0 Å². The van der Waals surface area contributed by atoms with Crippen molar-refractivity contribution in [2.75, 3.05) is 30.8 Å². The quantitative estimate of drug-likeness (QED) is 0.457. The van der Waals surface area contributed by atoms with Crippen LogP contribution in [-0.2, 0) is 26.2 Å². The number of benzene rings is 2. The molecule has 10 heteroatoms. The number of sulfonamides is 1. The first-order valence-electron chi connectivity index (χ1n) is 11.4. The molecule has 0 spiro atoms. The molecule has 2 aromatic rings. The molecule has 0 saturated heterocycles. The normalized spacial score (nSPS) is 12.2. The largest absolute Gasteiger partial charge is 0.495 e. The summed E-state index contributed by atoms with van der Waals surface area (Å²) in [6, 6.07) is 13.0. The van der Waals surface area contributed by atoms with Crippen LogP contribution in [0.5, 0.6) is 5.75 Å². The fraction of sp³-hybridized carbons (Fsp3) is 0.440. The van der Waals surface area contributed by atoms with E-state index in [-0.39, 0.29) is 29.1 Å². The van der Waals surface area contributed by atoms with Crippen molar-refractivity contribution in [3.05, 3.63) is 59.1 Å². The van der Waals surface area contributed by atoms with Gasteiger partial charge in [0.05, 0.1) is 24.1 Å². The van der Waals surface area contributed by atoms with Gasteiger partial charge in [0.1, 0.15) is 18.3 Å². The summed E-state index contributed by atoms with van der Waals surface area (Å²) in [7, 11) is -2.39. The number of amides is 2. The molecule has 2 amide bonds. The first-order chi connectivity index (χ1) is 16.5. The molecular weight excluding hydrogens is 490 g/mol. The number of carbonyl (C=O) groups is 2. The standard InChI is InChI=1S/C25H34ClN3O5S/c1-6-22(25(31)27-15-18(2)3)28(16-19-10-8-7-9-11-19)24(30)17-29(35(5,32)33)20-12-13-23(34-4)21(26)14-20/h7-14,18,22H,6,15-17H2,1-5H3,(H,27,31)/t22-/m1/s1. The number of anilines is 1. The van der Waals surface area contributed by atoms with E-state index in [1.165, 1.54) is 30.2 Å². The van der Waals surface area contributed by atoms with Gasteiger partial charge in [-0.3, -0.25) is 13.9 Å². The molecular formula is C25H34ClN3O5S. The lowest BCUT2D eigenvalue weighted by Gasteiger charge is -2.33. The molecule has 0 bridgehead atoms. The SMILES string of the molecule is CC[C@H](C(=O)NCC(C)C)N(Cc1ccccc1)C(=O)CN(c1ccc(OC)c(Cl)c1)S(C)(=O)=O. The van der Waals surface area contributed by atoms with Crippen LogP contribution in [0.1, 0.15) is 32.8 Å². The summed E-state index contributed by atoms with van der Waals surface area (Å²) in [6.07, 6.45) is 1.39. The van der Waals surface area contributed by atoms with Crippen molar-refractivity contribution in [1.29, 1.82) is 0 Å². The van der Waals surface area contributed by atoms with Crippen molar-refractivity contribution < 1.29 is 22.7 Å². The summed E-state index contributed by atoms with van der Waals surface area (Å²) in [4.78, 5) is 28.1. The third kappa shape index (κ3) is 8.14. The Morgan fingerprint density at radius 2 is 1.77 bits per heavy atom. The van der Waals surface area contributed by atoms with Crippen molar-refractivity contribution >= 4 is 39.1 Å². The fourth-order valence-electron chi connectivity index (χ4n) is 3.55. The molecule has 0 aromatic heterocycles. The van der Waals surface area contributed by atoms with Gasteiger partial charge in [-0.1, -0.05) is 62.7 Å². The minimum Gasteiger partial charge on any atom is -0.495 e. The summed E-state index contributed by atoms with van der Waals surface area (Å²) in [6.45, 7) is 5.94. The van der Waals surface area contributed by atoms with Gasteiger partial charge in [0, 0.05) is 13.1 Å². The van der Waals surface area contributed by atoms with Gasteiger partial charge in [-0.05, 0) is 36.1 Å². The van der Waals surface area contributed by atoms with Crippen molar-refractivity contribution in [3.8, 4) is 5.75 Å². The molecule has 0 aliphatic heterocycles. The highest BCUT2D eigenvalue weighted by atomic mass is 35.5. The second-order valence-electron chi connectivity index (χ2n) is 8.66. The molecule has 192 valence electrons. The molecule has 1 N–H and O–H groups in total. The van der Waals surface area contributed by atoms with Crippen molar-refractivity contribution in [2.45, 2.75) is 39.8 Å². The Kier molecular flexibility index (Phi) is 10.4. The van der Waals surface area contributed by atoms with E-state index in [2.05, 4.69) is 5.32 Å². The van der Waals surface area contributed by atoms with E-state index >= 15 is 0 Å². The molecule has 0 heterocycles. The Hall–Kier alpha value is -2.78. The number of nitrogens with zero attached hydrogens (tertiary/aromatic N) is 2. The predicted molar refractivity (Wildman–Crippen MR) is 139 cm³/mol. The third-order valence-corrected chi connectivity index (χ3v) is 6.80. The van der Waals surface area contributed by atoms with Gasteiger partial charge in [0.15, 0.2) is 0 Å². The van der Waals surface area contributed by atoms with Crippen LogP contribution in [0, 0.1) is 5.92 Å². The van der Waals surface area contributed by atoms with Crippen molar-refractivity contribution in [3.63, 3.8) is 0 Å². The summed E-state index contributed by atoms with van der Waals surface area (Å²) in [5.74, 6) is -0.148. The molecule has 2 rings (SSSR count). The monoisotopic (exact) mass is 523 g/mol. The lowest BCUT2D eigenvalue weighted by molar-refractivity contribution is -0.140. The van der Waals surface area contributed by atoms with Gasteiger partial charge in [-0.15, -0.1) is 0 Å². The van der Waals surface area contributed by atoms with Crippen LogP contribution in [0.4, 0.5) is 5.69 Å². The topological polar surface area (TPSA) is 96.0 Å². The minimum absolute atomic E-state index is 0.161. The third-order valence-electron chi connectivity index (χ3n) is 5.37. The second kappa shape index (κ2) is 12.8. The van der Waals surface area contributed by atoms with E-state index in [0.29, 0.717) is 18.7 Å². The Morgan fingerprint density at radius 1 is 1.11 bits per heavy atom. The van der Waals surface area contributed by atoms with Crippen LogP contribution in [0.25, 0.3) is 0 Å². The van der Waals surface area contributed by atoms with E-state index in [0.717, 1.165) is 16.1 Å². The van der Waals surface area contributed by atoms with Crippen molar-refractivity contribution in [1.82, 2.24) is 10.2 Å². The van der Waals surface area contributed by atoms with Gasteiger partial charge >= 0.3 is 0 Å². The number of hydrogen-bond donors (Lipinski definition) is 1. The predicted octanol–water partition coefficient (Wildman–Crippen LogP) is 3.69. The molecule has 1 atom stereocenters. The van der Waals surface area contributed by atoms with Gasteiger partial charge < -0.3 is 15.0 Å². The molecule has 2 aromatic carbocycles. The number of ether oxygens (including phenoxy) is 1. The molecule has 0 radical (unpaired) electrons. The fourth-order valence-corrected chi connectivity index (χ4v) is 4.64. The molecule has 0 aliphatic carbocycles. The van der Waals surface area contributed by atoms with Crippen LogP contribution < -0.4 is 14.4 Å². The second-order valence-corrected chi connectivity index (χ2v) is 11.0. The molecule has 0 fully saturated rings. The highest BCUT2D eigenvalue weighted by Crippen LogP contribution is 2.30. The highest BCUT2D eigenvalue weighted by molar-refractivity contribution is 7.92. The van der Waals surface area contributed by atoms with E-state index in [1.807, 2.05) is 51.1 Å². The zero-order valence-electron chi connectivity index (χ0n) is 20.8. The number of carbonyl (C=O) groups excluding carboxylic acids is 2. The average molecular weight is 524 g/mol. The number of nitrogens with one attached hydrogen (secondary N) is 1. The van der Waals surface area contributed by atoms with Crippen molar-refractivity contribution in [2.24, 2.45) is 5.92 Å². The van der Waals surface area contributed by atoms with Crippen LogP contribution >= 0.6 is 11.6 Å². The maximum absolute atomic E-state index is 13.6. The zero-order chi connectivity index (χ0) is 26.2. The van der Waals surface area contributed by atoms with Gasteiger partial charge in [0.2, 0.25) is 21.8 Å². The Bertz CT molecular complexity index is 1110. The highest BCUT2D eigenvalue weighted by Gasteiger charge is 2.31. The lowest BCUT2D eigenvalue weighted by Crippen LogP contribution is -2.52. The van der Waals surface area contributed by atoms with Gasteiger partial charge in [-0.25, -0.2) is 8.42 Å².